The number of para-hydroxylation sites is 1. The van der Waals surface area contributed by atoms with Crippen LogP contribution in [-0.4, -0.2) is 23.4 Å². The first kappa shape index (κ1) is 18.6. The topological polar surface area (TPSA) is 75.6 Å². The molecule has 1 amide bonds. The molecule has 1 aliphatic rings. The lowest BCUT2D eigenvalue weighted by molar-refractivity contribution is -0.122. The number of carbonyl (C=O) groups is 2. The quantitative estimate of drug-likeness (QED) is 0.487. The highest BCUT2D eigenvalue weighted by Gasteiger charge is 2.30. The van der Waals surface area contributed by atoms with Crippen LogP contribution >= 0.6 is 22.6 Å². The van der Waals surface area contributed by atoms with Crippen molar-refractivity contribution in [2.75, 3.05) is 0 Å². The molecule has 1 saturated carbocycles. The van der Waals surface area contributed by atoms with Gasteiger partial charge in [-0.2, -0.15) is 0 Å². The number of halogens is 1. The van der Waals surface area contributed by atoms with Crippen LogP contribution in [-0.2, 0) is 9.59 Å². The van der Waals surface area contributed by atoms with Gasteiger partial charge < -0.3 is 20.0 Å². The summed E-state index contributed by atoms with van der Waals surface area (Å²) in [5.41, 5.74) is 0.926. The van der Waals surface area contributed by atoms with E-state index in [1.54, 1.807) is 30.3 Å². The summed E-state index contributed by atoms with van der Waals surface area (Å²) in [5.74, 6) is 1.27. The summed E-state index contributed by atoms with van der Waals surface area (Å²) in [4.78, 5) is 22.8. The van der Waals surface area contributed by atoms with Crippen molar-refractivity contribution in [3.05, 3.63) is 63.4 Å². The summed E-state index contributed by atoms with van der Waals surface area (Å²) in [6.07, 6.45) is 2.32. The average molecular weight is 463 g/mol. The lowest BCUT2D eigenvalue weighted by atomic mass is 10.1. The molecule has 0 saturated heterocycles. The third-order valence-corrected chi connectivity index (χ3v) is 4.82. The first-order chi connectivity index (χ1) is 12.6. The number of rotatable bonds is 7. The minimum absolute atomic E-state index is 0.0126. The monoisotopic (exact) mass is 463 g/mol. The summed E-state index contributed by atoms with van der Waals surface area (Å²) in [6, 6.07) is 14.9. The fourth-order valence-electron chi connectivity index (χ4n) is 2.32. The summed E-state index contributed by atoms with van der Waals surface area (Å²) < 4.78 is 6.85. The van der Waals surface area contributed by atoms with Crippen LogP contribution in [0.3, 0.4) is 0 Å². The number of aliphatic hydroxyl groups excluding tert-OH is 1. The van der Waals surface area contributed by atoms with Crippen molar-refractivity contribution >= 4 is 40.9 Å². The normalized spacial score (nSPS) is 15.2. The van der Waals surface area contributed by atoms with Gasteiger partial charge in [-0.25, -0.2) is 0 Å². The van der Waals surface area contributed by atoms with Crippen LogP contribution in [0.4, 0.5) is 0 Å². The second kappa shape index (κ2) is 8.46. The number of aliphatic hydroxyl groups is 1. The van der Waals surface area contributed by atoms with Crippen molar-refractivity contribution in [1.29, 1.82) is 0 Å². The van der Waals surface area contributed by atoms with Crippen LogP contribution in [0.5, 0.6) is 11.5 Å². The molecular formula is C20H18INO4. The van der Waals surface area contributed by atoms with Crippen molar-refractivity contribution in [3.8, 4) is 11.5 Å². The van der Waals surface area contributed by atoms with E-state index in [1.165, 1.54) is 0 Å². The van der Waals surface area contributed by atoms with Gasteiger partial charge in [-0.1, -0.05) is 24.3 Å². The van der Waals surface area contributed by atoms with Crippen molar-refractivity contribution in [3.63, 3.8) is 0 Å². The average Bonchev–Trinajstić information content (AvgIpc) is 3.49. The lowest BCUT2D eigenvalue weighted by Gasteiger charge is -2.12. The fraction of sp³-hybridized carbons (Fsp3) is 0.200. The minimum Gasteiger partial charge on any atom is -0.456 e. The molecular weight excluding hydrogens is 445 g/mol. The molecule has 3 rings (SSSR count). The number of hydrogen-bond acceptors (Lipinski definition) is 4. The number of amides is 1. The third-order valence-electron chi connectivity index (χ3n) is 3.93. The summed E-state index contributed by atoms with van der Waals surface area (Å²) in [5, 5.41) is 12.5. The van der Waals surface area contributed by atoms with E-state index >= 15 is 0 Å². The Bertz CT molecular complexity index is 828. The zero-order chi connectivity index (χ0) is 18.5. The highest BCUT2D eigenvalue weighted by Crippen LogP contribution is 2.29. The van der Waals surface area contributed by atoms with E-state index in [2.05, 4.69) is 27.9 Å². The number of hydrogen-bond donors (Lipinski definition) is 2. The van der Waals surface area contributed by atoms with Gasteiger partial charge in [-0.15, -0.1) is 0 Å². The van der Waals surface area contributed by atoms with E-state index in [4.69, 9.17) is 4.74 Å². The molecule has 0 heterocycles. The zero-order valence-electron chi connectivity index (χ0n) is 13.9. The number of benzene rings is 2. The Morgan fingerprint density at radius 3 is 2.50 bits per heavy atom. The molecule has 1 atom stereocenters. The van der Waals surface area contributed by atoms with Gasteiger partial charge in [-0.3, -0.25) is 4.79 Å². The Morgan fingerprint density at radius 1 is 1.19 bits per heavy atom. The van der Waals surface area contributed by atoms with Gasteiger partial charge in [0.15, 0.2) is 6.29 Å². The van der Waals surface area contributed by atoms with Gasteiger partial charge in [0.2, 0.25) is 5.91 Å². The Hall–Kier alpha value is -2.19. The van der Waals surface area contributed by atoms with Gasteiger partial charge in [0.25, 0.3) is 0 Å². The maximum atomic E-state index is 11.9. The molecule has 2 aromatic rings. The smallest absolute Gasteiger partial charge is 0.227 e. The van der Waals surface area contributed by atoms with Gasteiger partial charge in [0.05, 0.1) is 9.27 Å². The predicted octanol–water partition coefficient (Wildman–Crippen LogP) is 3.51. The van der Waals surface area contributed by atoms with E-state index in [-0.39, 0.29) is 17.5 Å². The molecule has 0 aliphatic heterocycles. The Balaban J connectivity index is 1.74. The molecule has 26 heavy (non-hydrogen) atoms. The molecule has 2 N–H and O–H groups in total. The van der Waals surface area contributed by atoms with Crippen LogP contribution in [0.2, 0.25) is 0 Å². The molecule has 134 valence electrons. The van der Waals surface area contributed by atoms with Crippen molar-refractivity contribution in [2.45, 2.75) is 18.9 Å². The van der Waals surface area contributed by atoms with Crippen LogP contribution < -0.4 is 10.1 Å². The van der Waals surface area contributed by atoms with Gasteiger partial charge in [0.1, 0.15) is 17.6 Å². The number of carbonyl (C=O) groups excluding carboxylic acids is 2. The fourth-order valence-corrected chi connectivity index (χ4v) is 2.82. The van der Waals surface area contributed by atoms with Gasteiger partial charge in [0, 0.05) is 5.92 Å². The van der Waals surface area contributed by atoms with Crippen LogP contribution in [0.1, 0.15) is 18.4 Å². The van der Waals surface area contributed by atoms with Gasteiger partial charge >= 0.3 is 0 Å². The van der Waals surface area contributed by atoms with Crippen LogP contribution in [0.15, 0.2) is 54.2 Å². The van der Waals surface area contributed by atoms with E-state index in [0.717, 1.165) is 27.7 Å². The predicted molar refractivity (Wildman–Crippen MR) is 107 cm³/mol. The van der Waals surface area contributed by atoms with E-state index < -0.39 is 6.10 Å². The van der Waals surface area contributed by atoms with Crippen LogP contribution in [0.25, 0.3) is 6.08 Å². The SMILES string of the molecule is O=CC(O)/C(=C/c1ccc(Oc2ccccc2I)cc1)NC(=O)C1CC1. The number of ether oxygens (including phenoxy) is 1. The Kier molecular flexibility index (Phi) is 6.05. The number of nitrogens with one attached hydrogen (secondary N) is 1. The molecule has 0 bridgehead atoms. The largest absolute Gasteiger partial charge is 0.456 e. The molecule has 5 nitrogen and oxygen atoms in total. The zero-order valence-corrected chi connectivity index (χ0v) is 16.0. The van der Waals surface area contributed by atoms with Gasteiger partial charge in [-0.05, 0) is 71.3 Å². The minimum atomic E-state index is -1.36. The summed E-state index contributed by atoms with van der Waals surface area (Å²) in [6.45, 7) is 0. The number of aldehydes is 1. The molecule has 0 radical (unpaired) electrons. The highest BCUT2D eigenvalue weighted by atomic mass is 127. The molecule has 0 spiro atoms. The Labute approximate surface area is 165 Å². The molecule has 0 aromatic heterocycles. The third kappa shape index (κ3) is 4.92. The van der Waals surface area contributed by atoms with E-state index in [1.807, 2.05) is 24.3 Å². The van der Waals surface area contributed by atoms with Crippen molar-refractivity contribution < 1.29 is 19.4 Å². The second-order valence-electron chi connectivity index (χ2n) is 6.05. The second-order valence-corrected chi connectivity index (χ2v) is 7.21. The highest BCUT2D eigenvalue weighted by molar-refractivity contribution is 14.1. The summed E-state index contributed by atoms with van der Waals surface area (Å²) >= 11 is 2.21. The van der Waals surface area contributed by atoms with Crippen molar-refractivity contribution in [1.82, 2.24) is 5.32 Å². The molecule has 1 unspecified atom stereocenters. The van der Waals surface area contributed by atoms with E-state index in [0.29, 0.717) is 12.0 Å². The first-order valence-corrected chi connectivity index (χ1v) is 9.33. The summed E-state index contributed by atoms with van der Waals surface area (Å²) in [7, 11) is 0. The lowest BCUT2D eigenvalue weighted by Crippen LogP contribution is -2.31. The molecule has 1 fully saturated rings. The van der Waals surface area contributed by atoms with Crippen molar-refractivity contribution in [2.24, 2.45) is 5.92 Å². The maximum absolute atomic E-state index is 11.9. The van der Waals surface area contributed by atoms with E-state index in [9.17, 15) is 14.7 Å². The maximum Gasteiger partial charge on any atom is 0.227 e. The van der Waals surface area contributed by atoms with Crippen LogP contribution in [0, 0.1) is 9.49 Å². The molecule has 1 aliphatic carbocycles. The first-order valence-electron chi connectivity index (χ1n) is 8.25. The standard InChI is InChI=1S/C20H18INO4/c21-16-3-1-2-4-19(16)26-15-9-5-13(6-10-15)11-17(18(24)12-23)22-20(25)14-7-8-14/h1-6,9-12,14,18,24H,7-8H2,(H,22,25)/b17-11-. The molecule has 2 aromatic carbocycles. The Morgan fingerprint density at radius 2 is 1.88 bits per heavy atom. The molecule has 6 heteroatoms.